The molecule has 152 valence electrons. The van der Waals surface area contributed by atoms with E-state index in [4.69, 9.17) is 4.74 Å². The summed E-state index contributed by atoms with van der Waals surface area (Å²) in [7, 11) is 1.70. The van der Waals surface area contributed by atoms with Crippen molar-refractivity contribution < 1.29 is 14.3 Å². The highest BCUT2D eigenvalue weighted by atomic mass is 16.5. The Morgan fingerprint density at radius 1 is 1.30 bits per heavy atom. The van der Waals surface area contributed by atoms with Crippen molar-refractivity contribution in [2.24, 2.45) is 0 Å². The van der Waals surface area contributed by atoms with E-state index < -0.39 is 0 Å². The molecular formula is C23H22N4O3. The molecular weight excluding hydrogens is 380 g/mol. The van der Waals surface area contributed by atoms with Crippen LogP contribution in [-0.2, 0) is 4.79 Å². The number of hydrogen-bond acceptors (Lipinski definition) is 5. The van der Waals surface area contributed by atoms with E-state index in [1.807, 2.05) is 12.3 Å². The Labute approximate surface area is 174 Å². The number of anilines is 1. The summed E-state index contributed by atoms with van der Waals surface area (Å²) in [6.45, 7) is 1.92. The van der Waals surface area contributed by atoms with Gasteiger partial charge in [0, 0.05) is 49.0 Å². The molecule has 0 aliphatic carbocycles. The van der Waals surface area contributed by atoms with Crippen LogP contribution in [-0.4, -0.2) is 59.8 Å². The number of nitrogens with zero attached hydrogens (tertiary/aromatic N) is 3. The number of amides is 1. The Balaban J connectivity index is 1.29. The van der Waals surface area contributed by atoms with Crippen molar-refractivity contribution >= 4 is 34.0 Å². The Kier molecular flexibility index (Phi) is 4.59. The zero-order valence-electron chi connectivity index (χ0n) is 16.7. The average Bonchev–Trinajstić information content (AvgIpc) is 3.21. The molecule has 1 aromatic carbocycles. The summed E-state index contributed by atoms with van der Waals surface area (Å²) in [5.74, 6) is 0.554. The first-order valence-electron chi connectivity index (χ1n) is 10.0. The maximum atomic E-state index is 12.9. The second kappa shape index (κ2) is 7.42. The lowest BCUT2D eigenvalue weighted by molar-refractivity contribution is -0.120. The lowest BCUT2D eigenvalue weighted by Gasteiger charge is -2.27. The molecule has 0 saturated heterocycles. The SMILES string of the molecule is CN1C(=O)COc2ccc(C(=O)CN3CC=C(c4c[nH]c5ncccc45)CC3)cc21. The zero-order chi connectivity index (χ0) is 20.7. The number of likely N-dealkylation sites (N-methyl/N-ethyl adjacent to an activating group) is 1. The third-order valence-corrected chi connectivity index (χ3v) is 5.83. The van der Waals surface area contributed by atoms with Gasteiger partial charge in [0.05, 0.1) is 12.2 Å². The van der Waals surface area contributed by atoms with Crippen molar-refractivity contribution in [1.82, 2.24) is 14.9 Å². The van der Waals surface area contributed by atoms with Crippen LogP contribution in [0.4, 0.5) is 5.69 Å². The van der Waals surface area contributed by atoms with Crippen LogP contribution in [0.5, 0.6) is 5.75 Å². The Bertz CT molecular complexity index is 1180. The van der Waals surface area contributed by atoms with Gasteiger partial charge in [-0.1, -0.05) is 6.08 Å². The summed E-state index contributed by atoms with van der Waals surface area (Å²) in [6, 6.07) is 9.31. The monoisotopic (exact) mass is 402 g/mol. The first kappa shape index (κ1) is 18.6. The third kappa shape index (κ3) is 3.27. The fraction of sp³-hybridized carbons (Fsp3) is 0.261. The smallest absolute Gasteiger partial charge is 0.264 e. The maximum absolute atomic E-state index is 12.9. The molecule has 30 heavy (non-hydrogen) atoms. The number of pyridine rings is 1. The highest BCUT2D eigenvalue weighted by Gasteiger charge is 2.24. The third-order valence-electron chi connectivity index (χ3n) is 5.83. The van der Waals surface area contributed by atoms with Crippen LogP contribution in [0.15, 0.2) is 48.8 Å². The Morgan fingerprint density at radius 3 is 3.03 bits per heavy atom. The highest BCUT2D eigenvalue weighted by molar-refractivity contribution is 6.02. The molecule has 0 radical (unpaired) electrons. The van der Waals surface area contributed by atoms with Crippen LogP contribution in [0.3, 0.4) is 0 Å². The molecule has 1 N–H and O–H groups in total. The van der Waals surface area contributed by atoms with Gasteiger partial charge in [0.15, 0.2) is 12.4 Å². The number of H-pyrrole nitrogens is 1. The number of ether oxygens (including phenoxy) is 1. The molecule has 7 heteroatoms. The van der Waals surface area contributed by atoms with E-state index in [-0.39, 0.29) is 18.3 Å². The summed E-state index contributed by atoms with van der Waals surface area (Å²) in [4.78, 5) is 36.0. The van der Waals surface area contributed by atoms with Crippen molar-refractivity contribution in [1.29, 1.82) is 0 Å². The van der Waals surface area contributed by atoms with E-state index in [9.17, 15) is 9.59 Å². The standard InChI is InChI=1S/C23H22N4O3/c1-26-19-11-16(4-5-21(19)30-14-22(26)29)20(28)13-27-9-6-15(7-10-27)18-12-25-23-17(18)3-2-8-24-23/h2-6,8,11-12H,7,9-10,13-14H2,1H3,(H,24,25). The lowest BCUT2D eigenvalue weighted by Crippen LogP contribution is -2.36. The Hall–Kier alpha value is -3.45. The second-order valence-corrected chi connectivity index (χ2v) is 7.66. The van der Waals surface area contributed by atoms with Gasteiger partial charge in [-0.2, -0.15) is 0 Å². The second-order valence-electron chi connectivity index (χ2n) is 7.66. The van der Waals surface area contributed by atoms with Crippen molar-refractivity contribution in [2.75, 3.05) is 38.2 Å². The summed E-state index contributed by atoms with van der Waals surface area (Å²) in [6.07, 6.45) is 6.87. The van der Waals surface area contributed by atoms with Crippen LogP contribution in [0.1, 0.15) is 22.3 Å². The highest BCUT2D eigenvalue weighted by Crippen LogP contribution is 2.32. The normalized spacial score (nSPS) is 16.9. The quantitative estimate of drug-likeness (QED) is 0.679. The molecule has 5 rings (SSSR count). The number of aromatic nitrogens is 2. The van der Waals surface area contributed by atoms with Crippen LogP contribution in [0.2, 0.25) is 0 Å². The number of nitrogens with one attached hydrogen (secondary N) is 1. The van der Waals surface area contributed by atoms with E-state index in [0.29, 0.717) is 23.5 Å². The van der Waals surface area contributed by atoms with E-state index in [1.54, 1.807) is 36.3 Å². The van der Waals surface area contributed by atoms with Gasteiger partial charge in [-0.3, -0.25) is 14.5 Å². The first-order valence-corrected chi connectivity index (χ1v) is 10.0. The topological polar surface area (TPSA) is 78.5 Å². The molecule has 7 nitrogen and oxygen atoms in total. The van der Waals surface area contributed by atoms with Gasteiger partial charge in [0.2, 0.25) is 0 Å². The van der Waals surface area contributed by atoms with Crippen molar-refractivity contribution in [3.63, 3.8) is 0 Å². The number of fused-ring (bicyclic) bond motifs is 2. The van der Waals surface area contributed by atoms with Crippen LogP contribution < -0.4 is 9.64 Å². The minimum atomic E-state index is -0.117. The lowest BCUT2D eigenvalue weighted by atomic mass is 9.99. The van der Waals surface area contributed by atoms with Gasteiger partial charge in [-0.05, 0) is 42.3 Å². The molecule has 2 aromatic heterocycles. The predicted octanol–water partition coefficient (Wildman–Crippen LogP) is 2.89. The molecule has 0 saturated carbocycles. The minimum absolute atomic E-state index is 0.0335. The number of aromatic amines is 1. The van der Waals surface area contributed by atoms with Gasteiger partial charge in [-0.25, -0.2) is 4.98 Å². The largest absolute Gasteiger partial charge is 0.482 e. The van der Waals surface area contributed by atoms with E-state index in [0.717, 1.165) is 30.5 Å². The predicted molar refractivity (Wildman–Crippen MR) is 115 cm³/mol. The minimum Gasteiger partial charge on any atom is -0.482 e. The number of benzene rings is 1. The van der Waals surface area contributed by atoms with Gasteiger partial charge in [0.25, 0.3) is 5.91 Å². The molecule has 4 heterocycles. The molecule has 0 spiro atoms. The molecule has 2 aliphatic rings. The van der Waals surface area contributed by atoms with Crippen molar-refractivity contribution in [3.8, 4) is 5.75 Å². The zero-order valence-corrected chi connectivity index (χ0v) is 16.7. The molecule has 0 atom stereocenters. The van der Waals surface area contributed by atoms with E-state index >= 15 is 0 Å². The summed E-state index contributed by atoms with van der Waals surface area (Å²) in [5.41, 5.74) is 4.60. The van der Waals surface area contributed by atoms with E-state index in [2.05, 4.69) is 27.0 Å². The molecule has 0 unspecified atom stereocenters. The molecule has 0 bridgehead atoms. The van der Waals surface area contributed by atoms with Gasteiger partial charge >= 0.3 is 0 Å². The molecule has 2 aliphatic heterocycles. The number of carbonyl (C=O) groups excluding carboxylic acids is 2. The summed E-state index contributed by atoms with van der Waals surface area (Å²) >= 11 is 0. The van der Waals surface area contributed by atoms with Crippen molar-refractivity contribution in [3.05, 3.63) is 59.9 Å². The summed E-state index contributed by atoms with van der Waals surface area (Å²) < 4.78 is 5.44. The van der Waals surface area contributed by atoms with Gasteiger partial charge < -0.3 is 14.6 Å². The number of ketones is 1. The number of carbonyl (C=O) groups is 2. The van der Waals surface area contributed by atoms with Crippen molar-refractivity contribution in [2.45, 2.75) is 6.42 Å². The van der Waals surface area contributed by atoms with Crippen LogP contribution in [0, 0.1) is 0 Å². The fourth-order valence-electron chi connectivity index (χ4n) is 4.06. The van der Waals surface area contributed by atoms with Crippen LogP contribution in [0.25, 0.3) is 16.6 Å². The fourth-order valence-corrected chi connectivity index (χ4v) is 4.06. The van der Waals surface area contributed by atoms with Gasteiger partial charge in [-0.15, -0.1) is 0 Å². The van der Waals surface area contributed by atoms with Crippen LogP contribution >= 0.6 is 0 Å². The number of Topliss-reactive ketones (excluding diaryl/α,β-unsaturated/α-hetero) is 1. The molecule has 0 fully saturated rings. The number of rotatable bonds is 4. The maximum Gasteiger partial charge on any atom is 0.264 e. The average molecular weight is 402 g/mol. The summed E-state index contributed by atoms with van der Waals surface area (Å²) in [5, 5.41) is 1.13. The van der Waals surface area contributed by atoms with E-state index in [1.165, 1.54) is 11.1 Å². The number of hydrogen-bond donors (Lipinski definition) is 1. The molecule has 3 aromatic rings. The van der Waals surface area contributed by atoms with Gasteiger partial charge in [0.1, 0.15) is 11.4 Å². The first-order chi connectivity index (χ1) is 14.6. The molecule has 1 amide bonds. The Morgan fingerprint density at radius 2 is 2.20 bits per heavy atom.